The lowest BCUT2D eigenvalue weighted by atomic mass is 10.4. The molecule has 0 heteroatoms. The average Bonchev–Trinajstić information content (AvgIpc) is 3.41. The Balaban J connectivity index is 4.61. The summed E-state index contributed by atoms with van der Waals surface area (Å²) >= 11 is 0. The van der Waals surface area contributed by atoms with Gasteiger partial charge in [-0.2, -0.15) is 0 Å². The van der Waals surface area contributed by atoms with E-state index in [1.54, 1.807) is 0 Å². The second kappa shape index (κ2) is 56.7. The summed E-state index contributed by atoms with van der Waals surface area (Å²) in [5.41, 5.74) is 0. The maximum atomic E-state index is 4.95. The van der Waals surface area contributed by atoms with Crippen LogP contribution in [0.2, 0.25) is 0 Å². The molecule has 0 saturated heterocycles. The van der Waals surface area contributed by atoms with E-state index in [1.807, 2.05) is 0 Å². The van der Waals surface area contributed by atoms with Gasteiger partial charge in [0.2, 0.25) is 0 Å². The Morgan fingerprint density at radius 3 is 0.149 bits per heavy atom. The van der Waals surface area contributed by atoms with Crippen LogP contribution in [-0.4, -0.2) is 0 Å². The lowest BCUT2D eigenvalue weighted by Crippen LogP contribution is -1.57. The fraction of sp³-hybridized carbons (Fsp3) is 0. The molecule has 0 nitrogen and oxygen atoms in total. The molecular weight excluding hydrogens is 889 g/mol. The van der Waals surface area contributed by atoms with Gasteiger partial charge in [-0.25, -0.2) is 0 Å². The van der Waals surface area contributed by atoms with Gasteiger partial charge in [-0.3, -0.25) is 0 Å². The summed E-state index contributed by atoms with van der Waals surface area (Å²) in [6.07, 6.45) is 9.89. The largest absolute Gasteiger partial charge is 0.106 e. The molecule has 0 aliphatic heterocycles. The van der Waals surface area contributed by atoms with Crippen molar-refractivity contribution in [1.82, 2.24) is 0 Å². The molecule has 0 heterocycles. The molecule has 0 aliphatic carbocycles. The molecule has 0 N–H and O–H groups in total. The zero-order valence-corrected chi connectivity index (χ0v) is 37.2. The fourth-order valence-corrected chi connectivity index (χ4v) is 2.20. The Bertz CT molecular complexity index is 4620. The highest BCUT2D eigenvalue weighted by atomic mass is 13.7. The molecule has 0 rings (SSSR count). The van der Waals surface area contributed by atoms with Crippen molar-refractivity contribution in [3.8, 4) is 439 Å². The predicted octanol–water partition coefficient (Wildman–Crippen LogP) is 0.372. The molecule has 0 aromatic carbocycles. The Morgan fingerprint density at radius 2 is 0.108 bits per heavy atom. The summed E-state index contributed by atoms with van der Waals surface area (Å²) in [5, 5.41) is 0. The Kier molecular flexibility index (Phi) is 44.2. The van der Waals surface area contributed by atoms with Crippen molar-refractivity contribution in [2.24, 2.45) is 0 Å². The average molecular weight is 891 g/mol. The van der Waals surface area contributed by atoms with Crippen LogP contribution in [0.1, 0.15) is 0 Å². The first-order chi connectivity index (χ1) is 36.9. The smallest absolute Gasteiger partial charge is 0 e. The van der Waals surface area contributed by atoms with Crippen LogP contribution in [0.15, 0.2) is 0 Å². The van der Waals surface area contributed by atoms with Crippen LogP contribution >= 0.6 is 0 Å². The number of hydrogen-bond acceptors (Lipinski definition) is 0. The van der Waals surface area contributed by atoms with Gasteiger partial charge in [0.25, 0.3) is 0 Å². The first-order valence-electron chi connectivity index (χ1n) is 18.3. The first-order valence-corrected chi connectivity index (χ1v) is 18.3. The van der Waals surface area contributed by atoms with Gasteiger partial charge in [-0.15, -0.1) is 12.8 Å². The summed E-state index contributed by atoms with van der Waals surface area (Å²) in [7, 11) is 0. The van der Waals surface area contributed by atoms with Crippen LogP contribution in [0.4, 0.5) is 0 Å². The molecule has 74 heavy (non-hydrogen) atoms. The third-order valence-corrected chi connectivity index (χ3v) is 4.46. The van der Waals surface area contributed by atoms with E-state index >= 15 is 0 Å². The zero-order chi connectivity index (χ0) is 52.9. The van der Waals surface area contributed by atoms with Crippen LogP contribution < -0.4 is 0 Å². The third kappa shape index (κ3) is 55.7. The molecule has 298 valence electrons. The highest BCUT2D eigenvalue weighted by Crippen LogP contribution is 1.64. The summed E-state index contributed by atoms with van der Waals surface area (Å²) in [5.74, 6) is 178. The van der Waals surface area contributed by atoms with Gasteiger partial charge in [0, 0.05) is 332 Å². The molecular formula is C74H2. The minimum Gasteiger partial charge on any atom is -0.106 e. The van der Waals surface area contributed by atoms with E-state index in [0.29, 0.717) is 0 Å². The van der Waals surface area contributed by atoms with E-state index in [4.69, 9.17) is 12.8 Å². The SMILES string of the molecule is C#CC#CC#CC#CC#CC#CC#CC#CC#CC#CC#CC#CC#CC#CC#CC#CC#CC#CC#CC#CC#CC#CC#CC#CC#CC#CC#CC#CC#CC#CC#CC#CC#CC#CC#CC#CC#C. The van der Waals surface area contributed by atoms with Gasteiger partial charge >= 0.3 is 0 Å². The van der Waals surface area contributed by atoms with Gasteiger partial charge in [0.05, 0.1) is 0 Å². The van der Waals surface area contributed by atoms with E-state index in [-0.39, 0.29) is 0 Å². The van der Waals surface area contributed by atoms with Crippen molar-refractivity contribution in [2.75, 3.05) is 0 Å². The first kappa shape index (κ1) is 57.7. The summed E-state index contributed by atoms with van der Waals surface area (Å²) in [4.78, 5) is 0. The molecule has 0 fully saturated rings. The van der Waals surface area contributed by atoms with Crippen LogP contribution in [-0.2, 0) is 0 Å². The normalized spacial score (nSPS) is 3.92. The highest BCUT2D eigenvalue weighted by Gasteiger charge is 1.64. The molecule has 0 atom stereocenters. The molecule has 0 aromatic heterocycles. The van der Waals surface area contributed by atoms with Crippen LogP contribution in [0.5, 0.6) is 0 Å². The maximum absolute atomic E-state index is 4.95. The van der Waals surface area contributed by atoms with Gasteiger partial charge in [-0.05, 0) is 94.7 Å². The van der Waals surface area contributed by atoms with Crippen molar-refractivity contribution in [3.05, 3.63) is 0 Å². The Labute approximate surface area is 436 Å². The van der Waals surface area contributed by atoms with Crippen molar-refractivity contribution in [2.45, 2.75) is 0 Å². The van der Waals surface area contributed by atoms with Gasteiger partial charge in [0.15, 0.2) is 0 Å². The standard InChI is InChI=1S/C74H2/c1-3-5-7-9-11-13-15-17-19-21-23-25-27-29-31-33-35-37-39-41-43-45-47-49-51-53-55-57-59-61-63-65-67-69-71-73-74-72-70-68-66-64-62-60-58-56-54-52-50-48-46-44-42-40-38-36-34-32-30-28-26-24-22-20-18-16-14-12-10-8-6-4-2/h1-2H. The fourth-order valence-electron chi connectivity index (χ4n) is 2.20. The molecule has 0 bridgehead atoms. The summed E-state index contributed by atoms with van der Waals surface area (Å²) < 4.78 is 0. The monoisotopic (exact) mass is 890 g/mol. The molecule has 0 radical (unpaired) electrons. The van der Waals surface area contributed by atoms with Crippen LogP contribution in [0, 0.1) is 439 Å². The van der Waals surface area contributed by atoms with Gasteiger partial charge in [-0.1, -0.05) is 0 Å². The number of rotatable bonds is 0. The molecule has 0 aliphatic rings. The van der Waals surface area contributed by atoms with Crippen LogP contribution in [0.3, 0.4) is 0 Å². The maximum Gasteiger partial charge on any atom is 0 e. The molecule has 0 saturated carbocycles. The summed E-state index contributed by atoms with van der Waals surface area (Å²) in [6.45, 7) is 0. The van der Waals surface area contributed by atoms with Gasteiger partial charge in [0.1, 0.15) is 0 Å². The van der Waals surface area contributed by atoms with Crippen molar-refractivity contribution in [3.63, 3.8) is 0 Å². The Morgan fingerprint density at radius 1 is 0.0676 bits per heavy atom. The van der Waals surface area contributed by atoms with E-state index < -0.39 is 0 Å². The topological polar surface area (TPSA) is 0 Å². The lowest BCUT2D eigenvalue weighted by Gasteiger charge is -1.58. The lowest BCUT2D eigenvalue weighted by molar-refractivity contribution is 2.31. The minimum absolute atomic E-state index is 2.12. The second-order valence-electron chi connectivity index (χ2n) is 9.04. The third-order valence-electron chi connectivity index (χ3n) is 4.46. The van der Waals surface area contributed by atoms with Gasteiger partial charge < -0.3 is 0 Å². The quantitative estimate of drug-likeness (QED) is 0.309. The second-order valence-corrected chi connectivity index (χ2v) is 9.04. The molecule has 0 aromatic rings. The predicted molar refractivity (Wildman–Crippen MR) is 290 cm³/mol. The number of terminal acetylenes is 2. The minimum atomic E-state index is 2.12. The molecule has 0 spiro atoms. The zero-order valence-electron chi connectivity index (χ0n) is 37.2. The molecule has 0 unspecified atom stereocenters. The van der Waals surface area contributed by atoms with Crippen molar-refractivity contribution >= 4 is 0 Å². The van der Waals surface area contributed by atoms with E-state index in [0.717, 1.165) is 0 Å². The Hall–Kier alpha value is -16.3. The van der Waals surface area contributed by atoms with E-state index in [2.05, 4.69) is 426 Å². The van der Waals surface area contributed by atoms with Crippen LogP contribution in [0.25, 0.3) is 0 Å². The van der Waals surface area contributed by atoms with Crippen molar-refractivity contribution in [1.29, 1.82) is 0 Å². The number of hydrogen-bond donors (Lipinski definition) is 0. The molecule has 0 amide bonds. The summed E-state index contributed by atoms with van der Waals surface area (Å²) in [6, 6.07) is 0. The van der Waals surface area contributed by atoms with E-state index in [9.17, 15) is 0 Å². The van der Waals surface area contributed by atoms with Crippen molar-refractivity contribution < 1.29 is 0 Å². The van der Waals surface area contributed by atoms with E-state index in [1.165, 1.54) is 0 Å². The highest BCUT2D eigenvalue weighted by molar-refractivity contribution is 5.53.